The number of amides is 1. The molecule has 4 nitrogen and oxygen atoms in total. The number of para-hydroxylation sites is 1. The molecule has 0 aliphatic carbocycles. The van der Waals surface area contributed by atoms with E-state index < -0.39 is 6.10 Å². The van der Waals surface area contributed by atoms with Crippen LogP contribution < -0.4 is 10.1 Å². The molecule has 2 aliphatic heterocycles. The minimum Gasteiger partial charge on any atom is -0.476 e. The van der Waals surface area contributed by atoms with Gasteiger partial charge in [-0.05, 0) is 31.4 Å². The first-order valence-electron chi connectivity index (χ1n) is 9.11. The molecule has 0 radical (unpaired) electrons. The quantitative estimate of drug-likeness (QED) is 0.891. The van der Waals surface area contributed by atoms with Crippen LogP contribution in [0.4, 0.5) is 0 Å². The van der Waals surface area contributed by atoms with Crippen molar-refractivity contribution in [2.24, 2.45) is 0 Å². The molecule has 3 unspecified atom stereocenters. The van der Waals surface area contributed by atoms with Gasteiger partial charge in [-0.3, -0.25) is 4.79 Å². The normalized spacial score (nSPS) is 22.8. The topological polar surface area (TPSA) is 41.6 Å². The van der Waals surface area contributed by atoms with Gasteiger partial charge in [0.15, 0.2) is 0 Å². The number of carbonyl (C=O) groups excluding carboxylic acids is 1. The lowest BCUT2D eigenvalue weighted by molar-refractivity contribution is -0.139. The Kier molecular flexibility index (Phi) is 6.17. The van der Waals surface area contributed by atoms with Gasteiger partial charge in [0, 0.05) is 30.7 Å². The van der Waals surface area contributed by atoms with Crippen molar-refractivity contribution in [3.63, 3.8) is 0 Å². The van der Waals surface area contributed by atoms with Crippen molar-refractivity contribution in [3.05, 3.63) is 66.2 Å². The summed E-state index contributed by atoms with van der Waals surface area (Å²) in [5.74, 6) is 0.781. The van der Waals surface area contributed by atoms with Crippen LogP contribution in [0.25, 0.3) is 0 Å². The van der Waals surface area contributed by atoms with Gasteiger partial charge in [-0.1, -0.05) is 48.5 Å². The molecule has 1 amide bonds. The van der Waals surface area contributed by atoms with Crippen molar-refractivity contribution in [1.29, 1.82) is 0 Å². The first-order chi connectivity index (χ1) is 12.3. The Hall–Kier alpha value is -2.04. The summed E-state index contributed by atoms with van der Waals surface area (Å²) in [4.78, 5) is 15.3. The van der Waals surface area contributed by atoms with E-state index in [1.165, 1.54) is 6.42 Å². The van der Waals surface area contributed by atoms with Crippen LogP contribution in [0.3, 0.4) is 0 Å². The van der Waals surface area contributed by atoms with E-state index in [9.17, 15) is 4.79 Å². The van der Waals surface area contributed by atoms with Crippen LogP contribution in [0.5, 0.6) is 5.75 Å². The lowest BCUT2D eigenvalue weighted by atomic mass is 10.1. The zero-order valence-electron chi connectivity index (χ0n) is 14.7. The van der Waals surface area contributed by atoms with E-state index in [1.54, 1.807) is 0 Å². The van der Waals surface area contributed by atoms with Gasteiger partial charge in [-0.25, -0.2) is 0 Å². The van der Waals surface area contributed by atoms with Crippen LogP contribution in [0.2, 0.25) is 0 Å². The second-order valence-electron chi connectivity index (χ2n) is 6.93. The fraction of sp³-hybridized carbons (Fsp3) is 0.381. The second kappa shape index (κ2) is 8.56. The Bertz CT molecular complexity index is 710. The number of hydrogen-bond donors (Lipinski definition) is 1. The molecule has 2 fully saturated rings. The molecule has 2 saturated heterocycles. The molecule has 5 heteroatoms. The van der Waals surface area contributed by atoms with Gasteiger partial charge < -0.3 is 15.0 Å². The highest BCUT2D eigenvalue weighted by Crippen LogP contribution is 2.27. The highest BCUT2D eigenvalue weighted by Gasteiger charge is 2.34. The molecule has 2 bridgehead atoms. The van der Waals surface area contributed by atoms with Gasteiger partial charge >= 0.3 is 0 Å². The Balaban J connectivity index is 0.00000196. The average molecular weight is 373 g/mol. The summed E-state index contributed by atoms with van der Waals surface area (Å²) >= 11 is 0. The SMILES string of the molecule is Cl.O=C(C(Oc1ccccc1)c1ccccc1)N1CCC2CCC(C1)N2. The molecule has 2 heterocycles. The first-order valence-corrected chi connectivity index (χ1v) is 9.11. The number of likely N-dealkylation sites (tertiary alicyclic amines) is 1. The van der Waals surface area contributed by atoms with E-state index in [1.807, 2.05) is 65.6 Å². The van der Waals surface area contributed by atoms with E-state index in [2.05, 4.69) is 5.32 Å². The number of benzene rings is 2. The Labute approximate surface area is 160 Å². The molecule has 138 valence electrons. The predicted molar refractivity (Wildman–Crippen MR) is 105 cm³/mol. The third-order valence-electron chi connectivity index (χ3n) is 5.16. The lowest BCUT2D eigenvalue weighted by Crippen LogP contribution is -2.42. The Morgan fingerprint density at radius 1 is 0.962 bits per heavy atom. The van der Waals surface area contributed by atoms with Gasteiger partial charge in [-0.2, -0.15) is 0 Å². The summed E-state index contributed by atoms with van der Waals surface area (Å²) in [6, 6.07) is 20.4. The van der Waals surface area contributed by atoms with Gasteiger partial charge in [0.2, 0.25) is 6.10 Å². The summed E-state index contributed by atoms with van der Waals surface area (Å²) in [6.07, 6.45) is 2.81. The number of ether oxygens (including phenoxy) is 1. The van der Waals surface area contributed by atoms with E-state index in [4.69, 9.17) is 4.74 Å². The summed E-state index contributed by atoms with van der Waals surface area (Å²) < 4.78 is 6.12. The molecule has 0 saturated carbocycles. The minimum atomic E-state index is -0.597. The molecule has 2 aliphatic rings. The molecule has 4 rings (SSSR count). The maximum atomic E-state index is 13.3. The summed E-state index contributed by atoms with van der Waals surface area (Å²) in [5.41, 5.74) is 0.902. The molecule has 2 aromatic rings. The molecule has 0 aromatic heterocycles. The third kappa shape index (κ3) is 4.19. The molecule has 1 N–H and O–H groups in total. The van der Waals surface area contributed by atoms with E-state index in [0.717, 1.165) is 37.2 Å². The Morgan fingerprint density at radius 3 is 2.35 bits per heavy atom. The van der Waals surface area contributed by atoms with Crippen LogP contribution >= 0.6 is 12.4 Å². The molecule has 26 heavy (non-hydrogen) atoms. The summed E-state index contributed by atoms with van der Waals surface area (Å²) in [7, 11) is 0. The molecular formula is C21H25ClN2O2. The molecular weight excluding hydrogens is 348 g/mol. The van der Waals surface area contributed by atoms with Crippen molar-refractivity contribution in [2.75, 3.05) is 13.1 Å². The highest BCUT2D eigenvalue weighted by molar-refractivity contribution is 5.85. The van der Waals surface area contributed by atoms with Crippen molar-refractivity contribution < 1.29 is 9.53 Å². The van der Waals surface area contributed by atoms with Crippen LogP contribution in [-0.4, -0.2) is 36.0 Å². The van der Waals surface area contributed by atoms with Crippen LogP contribution in [-0.2, 0) is 4.79 Å². The van der Waals surface area contributed by atoms with Crippen molar-refractivity contribution in [1.82, 2.24) is 10.2 Å². The maximum absolute atomic E-state index is 13.3. The first kappa shape index (κ1) is 18.7. The number of hydrogen-bond acceptors (Lipinski definition) is 3. The molecule has 0 spiro atoms. The third-order valence-corrected chi connectivity index (χ3v) is 5.16. The fourth-order valence-electron chi connectivity index (χ4n) is 3.83. The van der Waals surface area contributed by atoms with Gasteiger partial charge in [0.05, 0.1) is 0 Å². The van der Waals surface area contributed by atoms with Crippen molar-refractivity contribution in [3.8, 4) is 5.75 Å². The number of halogens is 1. The van der Waals surface area contributed by atoms with Gasteiger partial charge in [0.25, 0.3) is 5.91 Å². The number of nitrogens with one attached hydrogen (secondary N) is 1. The van der Waals surface area contributed by atoms with E-state index >= 15 is 0 Å². The fourth-order valence-corrected chi connectivity index (χ4v) is 3.83. The predicted octanol–water partition coefficient (Wildman–Crippen LogP) is 3.58. The summed E-state index contributed by atoms with van der Waals surface area (Å²) in [6.45, 7) is 1.57. The molecule has 2 aromatic carbocycles. The number of nitrogens with zero attached hydrogens (tertiary/aromatic N) is 1. The van der Waals surface area contributed by atoms with Crippen LogP contribution in [0, 0.1) is 0 Å². The second-order valence-corrected chi connectivity index (χ2v) is 6.93. The number of carbonyl (C=O) groups is 1. The van der Waals surface area contributed by atoms with Crippen LogP contribution in [0.1, 0.15) is 30.9 Å². The number of fused-ring (bicyclic) bond motifs is 2. The van der Waals surface area contributed by atoms with Crippen LogP contribution in [0.15, 0.2) is 60.7 Å². The largest absolute Gasteiger partial charge is 0.476 e. The van der Waals surface area contributed by atoms with Gasteiger partial charge in [0.1, 0.15) is 5.75 Å². The average Bonchev–Trinajstić information content (AvgIpc) is 2.99. The molecule has 3 atom stereocenters. The summed E-state index contributed by atoms with van der Waals surface area (Å²) in [5, 5.41) is 3.63. The van der Waals surface area contributed by atoms with Crippen molar-refractivity contribution >= 4 is 18.3 Å². The Morgan fingerprint density at radius 2 is 1.62 bits per heavy atom. The zero-order valence-corrected chi connectivity index (χ0v) is 15.5. The monoisotopic (exact) mass is 372 g/mol. The zero-order chi connectivity index (χ0) is 17.1. The number of rotatable bonds is 4. The van der Waals surface area contributed by atoms with E-state index in [-0.39, 0.29) is 18.3 Å². The maximum Gasteiger partial charge on any atom is 0.268 e. The standard InChI is InChI=1S/C21H24N2O2.ClH/c24-21(23-14-13-17-11-12-18(15-23)22-17)20(16-7-3-1-4-8-16)25-19-9-5-2-6-10-19;/h1-10,17-18,20,22H,11-15H2;1H. The lowest BCUT2D eigenvalue weighted by Gasteiger charge is -2.29. The minimum absolute atomic E-state index is 0. The smallest absolute Gasteiger partial charge is 0.268 e. The highest BCUT2D eigenvalue weighted by atomic mass is 35.5. The van der Waals surface area contributed by atoms with Crippen molar-refractivity contribution in [2.45, 2.75) is 37.5 Å². The van der Waals surface area contributed by atoms with E-state index in [0.29, 0.717) is 12.1 Å². The van der Waals surface area contributed by atoms with Gasteiger partial charge in [-0.15, -0.1) is 12.4 Å².